The lowest BCUT2D eigenvalue weighted by Crippen LogP contribution is -2.23. The van der Waals surface area contributed by atoms with E-state index in [0.717, 1.165) is 12.0 Å². The zero-order chi connectivity index (χ0) is 16.7. The second-order valence-corrected chi connectivity index (χ2v) is 5.48. The van der Waals surface area contributed by atoms with Gasteiger partial charge in [0.05, 0.1) is 14.2 Å². The summed E-state index contributed by atoms with van der Waals surface area (Å²) in [5, 5.41) is 2.93. The number of carbonyl (C=O) groups is 1. The van der Waals surface area contributed by atoms with E-state index in [1.165, 1.54) is 11.1 Å². The van der Waals surface area contributed by atoms with E-state index in [9.17, 15) is 4.79 Å². The molecular formula is C19H23NO3. The Bertz CT molecular complexity index is 628. The summed E-state index contributed by atoms with van der Waals surface area (Å²) in [6, 6.07) is 13.9. The highest BCUT2D eigenvalue weighted by Crippen LogP contribution is 2.22. The van der Waals surface area contributed by atoms with Gasteiger partial charge in [0.15, 0.2) is 0 Å². The molecule has 0 atom stereocenters. The highest BCUT2D eigenvalue weighted by Gasteiger charge is 2.05. The van der Waals surface area contributed by atoms with Crippen molar-refractivity contribution in [1.82, 2.24) is 5.32 Å². The minimum absolute atomic E-state index is 0.0346. The Morgan fingerprint density at radius 3 is 2.13 bits per heavy atom. The van der Waals surface area contributed by atoms with E-state index in [1.54, 1.807) is 14.2 Å². The van der Waals surface area contributed by atoms with Crippen molar-refractivity contribution in [1.29, 1.82) is 0 Å². The largest absolute Gasteiger partial charge is 0.497 e. The third-order valence-electron chi connectivity index (χ3n) is 3.66. The summed E-state index contributed by atoms with van der Waals surface area (Å²) in [4.78, 5) is 12.0. The van der Waals surface area contributed by atoms with Crippen molar-refractivity contribution in [3.63, 3.8) is 0 Å². The number of benzene rings is 2. The number of nitrogens with one attached hydrogen (secondary N) is 1. The van der Waals surface area contributed by atoms with Crippen LogP contribution in [0, 0.1) is 6.92 Å². The fourth-order valence-electron chi connectivity index (χ4n) is 2.27. The summed E-state index contributed by atoms with van der Waals surface area (Å²) < 4.78 is 10.5. The van der Waals surface area contributed by atoms with Crippen LogP contribution >= 0.6 is 0 Å². The first-order valence-electron chi connectivity index (χ1n) is 7.65. The number of methoxy groups -OCH3 is 2. The smallest absolute Gasteiger partial charge is 0.220 e. The molecule has 1 amide bonds. The average Bonchev–Trinajstić information content (AvgIpc) is 2.59. The molecule has 1 N–H and O–H groups in total. The number of ether oxygens (including phenoxy) is 2. The van der Waals surface area contributed by atoms with Crippen molar-refractivity contribution in [2.75, 3.05) is 14.2 Å². The molecular weight excluding hydrogens is 290 g/mol. The first kappa shape index (κ1) is 16.9. The number of amides is 1. The molecule has 4 nitrogen and oxygen atoms in total. The van der Waals surface area contributed by atoms with Gasteiger partial charge in [0, 0.05) is 19.0 Å². The molecule has 0 aliphatic heterocycles. The SMILES string of the molecule is COc1cc(CNC(=O)CCc2ccc(C)cc2)cc(OC)c1. The molecule has 0 saturated heterocycles. The van der Waals surface area contributed by atoms with Gasteiger partial charge in [-0.3, -0.25) is 4.79 Å². The van der Waals surface area contributed by atoms with Crippen LogP contribution in [0.15, 0.2) is 42.5 Å². The van der Waals surface area contributed by atoms with Gasteiger partial charge in [-0.2, -0.15) is 0 Å². The van der Waals surface area contributed by atoms with Gasteiger partial charge in [-0.25, -0.2) is 0 Å². The second-order valence-electron chi connectivity index (χ2n) is 5.48. The van der Waals surface area contributed by atoms with E-state index in [2.05, 4.69) is 36.5 Å². The van der Waals surface area contributed by atoms with E-state index in [4.69, 9.17) is 9.47 Å². The minimum Gasteiger partial charge on any atom is -0.497 e. The van der Waals surface area contributed by atoms with E-state index < -0.39 is 0 Å². The Balaban J connectivity index is 1.85. The molecule has 0 bridgehead atoms. The van der Waals surface area contributed by atoms with E-state index in [-0.39, 0.29) is 5.91 Å². The Morgan fingerprint density at radius 1 is 0.957 bits per heavy atom. The third-order valence-corrected chi connectivity index (χ3v) is 3.66. The lowest BCUT2D eigenvalue weighted by atomic mass is 10.1. The van der Waals surface area contributed by atoms with Crippen LogP contribution in [0.5, 0.6) is 11.5 Å². The monoisotopic (exact) mass is 313 g/mol. The van der Waals surface area contributed by atoms with Crippen LogP contribution in [0.2, 0.25) is 0 Å². The summed E-state index contributed by atoms with van der Waals surface area (Å²) in [6.07, 6.45) is 1.22. The maximum absolute atomic E-state index is 12.0. The van der Waals surface area contributed by atoms with Crippen LogP contribution in [-0.4, -0.2) is 20.1 Å². The normalized spacial score (nSPS) is 10.2. The van der Waals surface area contributed by atoms with Gasteiger partial charge in [-0.15, -0.1) is 0 Å². The van der Waals surface area contributed by atoms with Crippen molar-refractivity contribution in [3.05, 3.63) is 59.2 Å². The molecule has 0 aliphatic rings. The number of rotatable bonds is 7. The molecule has 2 aromatic rings. The predicted molar refractivity (Wildman–Crippen MR) is 90.9 cm³/mol. The molecule has 122 valence electrons. The number of carbonyl (C=O) groups excluding carboxylic acids is 1. The van der Waals surface area contributed by atoms with Crippen LogP contribution in [0.4, 0.5) is 0 Å². The Kier molecular flexibility index (Phi) is 6.03. The molecule has 0 aromatic heterocycles. The molecule has 23 heavy (non-hydrogen) atoms. The lowest BCUT2D eigenvalue weighted by molar-refractivity contribution is -0.121. The van der Waals surface area contributed by atoms with Crippen LogP contribution in [0.3, 0.4) is 0 Å². The van der Waals surface area contributed by atoms with Gasteiger partial charge in [-0.05, 0) is 36.6 Å². The quantitative estimate of drug-likeness (QED) is 0.853. The zero-order valence-electron chi connectivity index (χ0n) is 13.9. The van der Waals surface area contributed by atoms with Gasteiger partial charge < -0.3 is 14.8 Å². The molecule has 0 heterocycles. The molecule has 4 heteroatoms. The summed E-state index contributed by atoms with van der Waals surface area (Å²) in [7, 11) is 3.22. The molecule has 0 radical (unpaired) electrons. The van der Waals surface area contributed by atoms with Crippen molar-refractivity contribution >= 4 is 5.91 Å². The van der Waals surface area contributed by atoms with Crippen LogP contribution in [0.25, 0.3) is 0 Å². The Morgan fingerprint density at radius 2 is 1.57 bits per heavy atom. The fourth-order valence-corrected chi connectivity index (χ4v) is 2.27. The van der Waals surface area contributed by atoms with Crippen molar-refractivity contribution in [2.45, 2.75) is 26.3 Å². The summed E-state index contributed by atoms with van der Waals surface area (Å²) >= 11 is 0. The van der Waals surface area contributed by atoms with Gasteiger partial charge in [0.1, 0.15) is 11.5 Å². The molecule has 0 spiro atoms. The fraction of sp³-hybridized carbons (Fsp3) is 0.316. The maximum atomic E-state index is 12.0. The molecule has 0 unspecified atom stereocenters. The van der Waals surface area contributed by atoms with Gasteiger partial charge >= 0.3 is 0 Å². The first-order valence-corrected chi connectivity index (χ1v) is 7.65. The van der Waals surface area contributed by atoms with Gasteiger partial charge in [0.25, 0.3) is 0 Å². The van der Waals surface area contributed by atoms with Crippen LogP contribution in [-0.2, 0) is 17.8 Å². The number of aryl methyl sites for hydroxylation is 2. The van der Waals surface area contributed by atoms with Gasteiger partial charge in [0.2, 0.25) is 5.91 Å². The number of hydrogen-bond donors (Lipinski definition) is 1. The van der Waals surface area contributed by atoms with E-state index in [0.29, 0.717) is 24.5 Å². The Hall–Kier alpha value is -2.49. The molecule has 0 fully saturated rings. The molecule has 2 aromatic carbocycles. The first-order chi connectivity index (χ1) is 11.1. The van der Waals surface area contributed by atoms with Crippen molar-refractivity contribution in [2.24, 2.45) is 0 Å². The summed E-state index contributed by atoms with van der Waals surface area (Å²) in [6.45, 7) is 2.51. The average molecular weight is 313 g/mol. The minimum atomic E-state index is 0.0346. The Labute approximate surface area is 137 Å². The van der Waals surface area contributed by atoms with Crippen molar-refractivity contribution in [3.8, 4) is 11.5 Å². The maximum Gasteiger partial charge on any atom is 0.220 e. The standard InChI is InChI=1S/C19H23NO3/c1-14-4-6-15(7-5-14)8-9-19(21)20-13-16-10-17(22-2)12-18(11-16)23-3/h4-7,10-12H,8-9,13H2,1-3H3,(H,20,21). The molecule has 0 aliphatic carbocycles. The van der Waals surface area contributed by atoms with Crippen molar-refractivity contribution < 1.29 is 14.3 Å². The third kappa shape index (κ3) is 5.33. The predicted octanol–water partition coefficient (Wildman–Crippen LogP) is 3.26. The second kappa shape index (κ2) is 8.22. The highest BCUT2D eigenvalue weighted by molar-refractivity contribution is 5.76. The summed E-state index contributed by atoms with van der Waals surface area (Å²) in [5.41, 5.74) is 3.35. The van der Waals surface area contributed by atoms with E-state index >= 15 is 0 Å². The molecule has 0 saturated carbocycles. The van der Waals surface area contributed by atoms with Gasteiger partial charge in [-0.1, -0.05) is 29.8 Å². The van der Waals surface area contributed by atoms with E-state index in [1.807, 2.05) is 18.2 Å². The zero-order valence-corrected chi connectivity index (χ0v) is 13.9. The number of hydrogen-bond acceptors (Lipinski definition) is 3. The van der Waals surface area contributed by atoms with Crippen LogP contribution < -0.4 is 14.8 Å². The molecule has 2 rings (SSSR count). The lowest BCUT2D eigenvalue weighted by Gasteiger charge is -2.10. The topological polar surface area (TPSA) is 47.6 Å². The highest BCUT2D eigenvalue weighted by atomic mass is 16.5. The van der Waals surface area contributed by atoms with Crippen LogP contribution in [0.1, 0.15) is 23.1 Å². The summed E-state index contributed by atoms with van der Waals surface area (Å²) in [5.74, 6) is 1.47.